The number of pyridine rings is 1. The predicted octanol–water partition coefficient (Wildman–Crippen LogP) is 3.31. The minimum Gasteiger partial charge on any atom is -0.379 e. The first-order valence-electron chi connectivity index (χ1n) is 11.2. The van der Waals surface area contributed by atoms with Crippen LogP contribution in [0.2, 0.25) is 0 Å². The minimum absolute atomic E-state index is 0.103. The normalized spacial score (nSPS) is 14.2. The molecule has 1 aliphatic heterocycles. The number of aryl methyl sites for hydroxylation is 2. The number of likely N-dealkylation sites (N-methyl/N-ethyl adjacent to an activating group) is 1. The second-order valence-electron chi connectivity index (χ2n) is 8.64. The van der Waals surface area contributed by atoms with Crippen molar-refractivity contribution in [1.82, 2.24) is 9.47 Å². The van der Waals surface area contributed by atoms with Gasteiger partial charge in [-0.3, -0.25) is 9.59 Å². The molecule has 0 atom stereocenters. The molecule has 172 valence electrons. The van der Waals surface area contributed by atoms with Gasteiger partial charge in [0, 0.05) is 57.2 Å². The van der Waals surface area contributed by atoms with Crippen LogP contribution in [0.5, 0.6) is 0 Å². The average Bonchev–Trinajstić information content (AvgIpc) is 2.82. The van der Waals surface area contributed by atoms with Crippen molar-refractivity contribution in [2.75, 3.05) is 48.8 Å². The largest absolute Gasteiger partial charge is 0.379 e. The molecular formula is C26H31N5O2. The molecule has 2 heterocycles. The fourth-order valence-electron chi connectivity index (χ4n) is 4.04. The number of nitrogens with zero attached hydrogens (tertiary/aromatic N) is 3. The number of carbonyl (C=O) groups is 1. The number of amides is 1. The van der Waals surface area contributed by atoms with Crippen LogP contribution in [0, 0.1) is 6.92 Å². The molecule has 0 bridgehead atoms. The summed E-state index contributed by atoms with van der Waals surface area (Å²) in [5.41, 5.74) is 4.76. The lowest BCUT2D eigenvalue weighted by molar-refractivity contribution is 0.102. The first-order valence-corrected chi connectivity index (χ1v) is 11.2. The summed E-state index contributed by atoms with van der Waals surface area (Å²) in [5, 5.41) is 6.53. The van der Waals surface area contributed by atoms with Crippen molar-refractivity contribution in [3.63, 3.8) is 0 Å². The summed E-state index contributed by atoms with van der Waals surface area (Å²) < 4.78 is 1.44. The Morgan fingerprint density at radius 3 is 2.36 bits per heavy atom. The molecule has 1 aromatic heterocycles. The van der Waals surface area contributed by atoms with Gasteiger partial charge in [-0.1, -0.05) is 30.3 Å². The van der Waals surface area contributed by atoms with E-state index < -0.39 is 0 Å². The fraction of sp³-hybridized carbons (Fsp3) is 0.308. The standard InChI is InChI=1S/C26H31N5O2/c1-19-15-21(18-30(3)26(19)33)25(32)28-23-10-9-22(31-13-11-29(2)12-14-31)16-24(23)27-17-20-7-5-4-6-8-20/h4-10,15-16,18,27H,11-14,17H2,1-3H3,(H,28,32). The van der Waals surface area contributed by atoms with E-state index in [9.17, 15) is 9.59 Å². The number of piperazine rings is 1. The van der Waals surface area contributed by atoms with Crippen molar-refractivity contribution >= 4 is 23.0 Å². The number of aromatic nitrogens is 1. The zero-order valence-corrected chi connectivity index (χ0v) is 19.5. The molecule has 7 nitrogen and oxygen atoms in total. The molecule has 2 aromatic carbocycles. The van der Waals surface area contributed by atoms with Crippen LogP contribution in [0.15, 0.2) is 65.6 Å². The third kappa shape index (κ3) is 5.43. The molecule has 4 rings (SSSR count). The molecule has 1 aliphatic rings. The molecule has 0 aliphatic carbocycles. The van der Waals surface area contributed by atoms with E-state index in [0.717, 1.165) is 43.1 Å². The van der Waals surface area contributed by atoms with E-state index in [0.29, 0.717) is 23.4 Å². The topological polar surface area (TPSA) is 69.6 Å². The summed E-state index contributed by atoms with van der Waals surface area (Å²) in [6, 6.07) is 17.9. The van der Waals surface area contributed by atoms with Gasteiger partial charge in [0.15, 0.2) is 0 Å². The highest BCUT2D eigenvalue weighted by atomic mass is 16.2. The van der Waals surface area contributed by atoms with Crippen molar-refractivity contribution in [1.29, 1.82) is 0 Å². The van der Waals surface area contributed by atoms with Crippen LogP contribution in [-0.2, 0) is 13.6 Å². The van der Waals surface area contributed by atoms with Crippen LogP contribution in [0.4, 0.5) is 17.1 Å². The van der Waals surface area contributed by atoms with E-state index >= 15 is 0 Å². The molecule has 1 saturated heterocycles. The van der Waals surface area contributed by atoms with Gasteiger partial charge in [0.1, 0.15) is 0 Å². The quantitative estimate of drug-likeness (QED) is 0.609. The van der Waals surface area contributed by atoms with E-state index in [1.807, 2.05) is 24.3 Å². The number of anilines is 3. The number of benzene rings is 2. The molecule has 0 saturated carbocycles. The highest BCUT2D eigenvalue weighted by Gasteiger charge is 2.17. The van der Waals surface area contributed by atoms with E-state index in [1.54, 1.807) is 26.2 Å². The second kappa shape index (κ2) is 9.92. The highest BCUT2D eigenvalue weighted by molar-refractivity contribution is 6.06. The first kappa shape index (κ1) is 22.6. The maximum Gasteiger partial charge on any atom is 0.257 e. The van der Waals surface area contributed by atoms with Gasteiger partial charge >= 0.3 is 0 Å². The fourth-order valence-corrected chi connectivity index (χ4v) is 4.04. The lowest BCUT2D eigenvalue weighted by atomic mass is 10.1. The maximum absolute atomic E-state index is 13.0. The van der Waals surface area contributed by atoms with Gasteiger partial charge < -0.3 is 25.0 Å². The molecule has 2 N–H and O–H groups in total. The van der Waals surface area contributed by atoms with Crippen LogP contribution < -0.4 is 21.1 Å². The van der Waals surface area contributed by atoms with Crippen LogP contribution in [0.1, 0.15) is 21.5 Å². The van der Waals surface area contributed by atoms with Crippen molar-refractivity contribution in [2.45, 2.75) is 13.5 Å². The van der Waals surface area contributed by atoms with Gasteiger partial charge in [0.2, 0.25) is 0 Å². The van der Waals surface area contributed by atoms with Gasteiger partial charge in [-0.25, -0.2) is 0 Å². The lowest BCUT2D eigenvalue weighted by Gasteiger charge is -2.34. The Bertz CT molecular complexity index is 1150. The number of rotatable bonds is 6. The van der Waals surface area contributed by atoms with E-state index in [1.165, 1.54) is 4.57 Å². The Hall–Kier alpha value is -3.58. The van der Waals surface area contributed by atoms with Crippen molar-refractivity contribution in [3.05, 3.63) is 87.8 Å². The molecule has 0 unspecified atom stereocenters. The van der Waals surface area contributed by atoms with Crippen molar-refractivity contribution < 1.29 is 4.79 Å². The Labute approximate surface area is 194 Å². The number of hydrogen-bond donors (Lipinski definition) is 2. The summed E-state index contributed by atoms with van der Waals surface area (Å²) in [6.45, 7) is 6.36. The van der Waals surface area contributed by atoms with Crippen molar-refractivity contribution in [2.24, 2.45) is 7.05 Å². The van der Waals surface area contributed by atoms with Crippen LogP contribution >= 0.6 is 0 Å². The van der Waals surface area contributed by atoms with Gasteiger partial charge in [0.05, 0.1) is 16.9 Å². The number of nitrogens with one attached hydrogen (secondary N) is 2. The van der Waals surface area contributed by atoms with E-state index in [2.05, 4.69) is 51.7 Å². The smallest absolute Gasteiger partial charge is 0.257 e. The predicted molar refractivity (Wildman–Crippen MR) is 134 cm³/mol. The van der Waals surface area contributed by atoms with Gasteiger partial charge in [0.25, 0.3) is 11.5 Å². The van der Waals surface area contributed by atoms with E-state index in [-0.39, 0.29) is 11.5 Å². The van der Waals surface area contributed by atoms with E-state index in [4.69, 9.17) is 0 Å². The Morgan fingerprint density at radius 1 is 0.939 bits per heavy atom. The van der Waals surface area contributed by atoms with Gasteiger partial charge in [-0.05, 0) is 43.8 Å². The second-order valence-corrected chi connectivity index (χ2v) is 8.64. The van der Waals surface area contributed by atoms with Crippen LogP contribution in [0.3, 0.4) is 0 Å². The summed E-state index contributed by atoms with van der Waals surface area (Å²) in [5.74, 6) is -0.246. The molecule has 1 fully saturated rings. The minimum atomic E-state index is -0.246. The average molecular weight is 446 g/mol. The van der Waals surface area contributed by atoms with Gasteiger partial charge in [-0.15, -0.1) is 0 Å². The van der Waals surface area contributed by atoms with Crippen LogP contribution in [-0.4, -0.2) is 48.6 Å². The van der Waals surface area contributed by atoms with Crippen molar-refractivity contribution in [3.8, 4) is 0 Å². The molecule has 1 amide bonds. The molecule has 0 spiro atoms. The van der Waals surface area contributed by atoms with Crippen LogP contribution in [0.25, 0.3) is 0 Å². The number of carbonyl (C=O) groups excluding carboxylic acids is 1. The Morgan fingerprint density at radius 2 is 1.67 bits per heavy atom. The summed E-state index contributed by atoms with van der Waals surface area (Å²) in [7, 11) is 3.80. The zero-order valence-electron chi connectivity index (χ0n) is 19.5. The molecule has 3 aromatic rings. The lowest BCUT2D eigenvalue weighted by Crippen LogP contribution is -2.44. The summed E-state index contributed by atoms with van der Waals surface area (Å²) >= 11 is 0. The molecule has 7 heteroatoms. The molecular weight excluding hydrogens is 414 g/mol. The third-order valence-electron chi connectivity index (χ3n) is 6.07. The molecule has 33 heavy (non-hydrogen) atoms. The Kier molecular flexibility index (Phi) is 6.79. The summed E-state index contributed by atoms with van der Waals surface area (Å²) in [6.07, 6.45) is 1.57. The first-order chi connectivity index (χ1) is 15.9. The number of hydrogen-bond acceptors (Lipinski definition) is 5. The zero-order chi connectivity index (χ0) is 23.4. The molecule has 0 radical (unpaired) electrons. The summed E-state index contributed by atoms with van der Waals surface area (Å²) in [4.78, 5) is 29.7. The van der Waals surface area contributed by atoms with Gasteiger partial charge in [-0.2, -0.15) is 0 Å². The highest BCUT2D eigenvalue weighted by Crippen LogP contribution is 2.29. The Balaban J connectivity index is 1.59. The maximum atomic E-state index is 13.0. The third-order valence-corrected chi connectivity index (χ3v) is 6.07. The monoisotopic (exact) mass is 445 g/mol. The SMILES string of the molecule is Cc1cc(C(=O)Nc2ccc(N3CCN(C)CC3)cc2NCc2ccccc2)cn(C)c1=O.